The van der Waals surface area contributed by atoms with Crippen LogP contribution in [-0.2, 0) is 0 Å². The zero-order chi connectivity index (χ0) is 20.1. The molecule has 0 fully saturated rings. The number of benzene rings is 3. The third-order valence-corrected chi connectivity index (χ3v) is 5.31. The molecule has 1 N–H and O–H groups in total. The van der Waals surface area contributed by atoms with Crippen LogP contribution in [0.1, 0.15) is 16.1 Å². The van der Waals surface area contributed by atoms with E-state index < -0.39 is 0 Å². The molecule has 0 spiro atoms. The van der Waals surface area contributed by atoms with E-state index in [-0.39, 0.29) is 0 Å². The van der Waals surface area contributed by atoms with Crippen LogP contribution in [0.3, 0.4) is 0 Å². The lowest BCUT2D eigenvalue weighted by molar-refractivity contribution is 0.415. The summed E-state index contributed by atoms with van der Waals surface area (Å²) in [6.07, 6.45) is 1.75. The van der Waals surface area contributed by atoms with Crippen molar-refractivity contribution in [3.63, 3.8) is 0 Å². The fourth-order valence-electron chi connectivity index (χ4n) is 2.70. The van der Waals surface area contributed by atoms with E-state index in [0.717, 1.165) is 32.2 Å². The van der Waals surface area contributed by atoms with Gasteiger partial charge in [0.1, 0.15) is 5.75 Å². The second-order valence-electron chi connectivity index (χ2n) is 6.43. The highest BCUT2D eigenvalue weighted by molar-refractivity contribution is 7.20. The van der Waals surface area contributed by atoms with Gasteiger partial charge >= 0.3 is 0 Å². The maximum Gasteiger partial charge on any atom is 0.183 e. The van der Waals surface area contributed by atoms with E-state index in [1.54, 1.807) is 24.7 Å². The number of hydrogen-bond acceptors (Lipinski definition) is 5. The molecule has 0 atom stereocenters. The van der Waals surface area contributed by atoms with Gasteiger partial charge in [0.25, 0.3) is 0 Å². The van der Waals surface area contributed by atoms with Gasteiger partial charge in [0, 0.05) is 0 Å². The van der Waals surface area contributed by atoms with Crippen LogP contribution in [0.2, 0.25) is 0 Å². The molecule has 1 aromatic heterocycles. The first-order valence-electron chi connectivity index (χ1n) is 9.16. The van der Waals surface area contributed by atoms with Crippen molar-refractivity contribution in [2.45, 2.75) is 6.92 Å². The molecule has 29 heavy (non-hydrogen) atoms. The number of methoxy groups -OCH3 is 1. The fourth-order valence-corrected chi connectivity index (χ4v) is 3.61. The minimum atomic E-state index is 0.611. The van der Waals surface area contributed by atoms with Gasteiger partial charge in [-0.15, -0.1) is 11.3 Å². The van der Waals surface area contributed by atoms with E-state index in [0.29, 0.717) is 5.84 Å². The molecule has 0 amide bonds. The molecular weight excluding hydrogens is 380 g/mol. The van der Waals surface area contributed by atoms with Crippen LogP contribution in [0.15, 0.2) is 82.9 Å². The molecule has 0 saturated heterocycles. The summed E-state index contributed by atoms with van der Waals surface area (Å²) in [7, 11) is 1.65. The van der Waals surface area contributed by atoms with Crippen LogP contribution < -0.4 is 10.2 Å². The Morgan fingerprint density at radius 2 is 1.76 bits per heavy atom. The maximum absolute atomic E-state index is 5.19. The number of amidine groups is 1. The van der Waals surface area contributed by atoms with Crippen LogP contribution in [0.5, 0.6) is 5.75 Å². The molecule has 5 nitrogen and oxygen atoms in total. The average molecular weight is 401 g/mol. The lowest BCUT2D eigenvalue weighted by atomic mass is 10.2. The number of para-hydroxylation sites is 1. The highest BCUT2D eigenvalue weighted by Gasteiger charge is 2.10. The summed E-state index contributed by atoms with van der Waals surface area (Å²) in [5.74, 6) is 1.42. The number of thiazole rings is 1. The van der Waals surface area contributed by atoms with Gasteiger partial charge in [0.05, 0.1) is 29.2 Å². The minimum Gasteiger partial charge on any atom is -0.497 e. The molecule has 4 rings (SSSR count). The average Bonchev–Trinajstić information content (AvgIpc) is 3.19. The Labute approximate surface area is 173 Å². The summed E-state index contributed by atoms with van der Waals surface area (Å²) in [5.41, 5.74) is 7.01. The summed E-state index contributed by atoms with van der Waals surface area (Å²) in [6.45, 7) is 2.05. The molecule has 0 bridgehead atoms. The number of aliphatic imine (C=N–C) groups is 1. The maximum atomic E-state index is 5.19. The summed E-state index contributed by atoms with van der Waals surface area (Å²) in [5, 5.41) is 5.17. The normalized spacial score (nSPS) is 11.9. The second-order valence-corrected chi connectivity index (χ2v) is 7.46. The minimum absolute atomic E-state index is 0.611. The molecule has 3 aromatic carbocycles. The van der Waals surface area contributed by atoms with Crippen molar-refractivity contribution in [1.29, 1.82) is 0 Å². The Morgan fingerprint density at radius 3 is 2.48 bits per heavy atom. The molecule has 4 aromatic rings. The predicted octanol–water partition coefficient (Wildman–Crippen LogP) is 5.32. The van der Waals surface area contributed by atoms with Crippen molar-refractivity contribution in [2.75, 3.05) is 7.11 Å². The number of nitrogens with one attached hydrogen (secondary N) is 1. The highest BCUT2D eigenvalue weighted by Crippen LogP contribution is 2.23. The summed E-state index contributed by atoms with van der Waals surface area (Å²) >= 11 is 1.58. The van der Waals surface area contributed by atoms with Crippen molar-refractivity contribution >= 4 is 39.3 Å². The molecule has 1 heterocycles. The standard InChI is InChI=1S/C23H20N4OS/c1-16-7-11-18(12-8-16)25-22(23-26-20-5-3-4-6-21(20)29-23)27-24-15-17-9-13-19(28-2)14-10-17/h3-15H,1-2H3,(H,25,27)/b24-15-. The quantitative estimate of drug-likeness (QED) is 0.280. The SMILES string of the molecule is COc1ccc(/C=N\NC(=Nc2ccc(C)cc2)c2nc3ccccc3s2)cc1. The third kappa shape index (κ3) is 4.67. The number of aromatic nitrogens is 1. The number of ether oxygens (including phenoxy) is 1. The Hall–Kier alpha value is -3.51. The first kappa shape index (κ1) is 18.8. The van der Waals surface area contributed by atoms with Gasteiger partial charge in [0.15, 0.2) is 10.8 Å². The third-order valence-electron chi connectivity index (χ3n) is 4.27. The number of rotatable bonds is 5. The molecule has 6 heteroatoms. The number of hydrazone groups is 1. The first-order valence-corrected chi connectivity index (χ1v) is 9.97. The number of hydrogen-bond donors (Lipinski definition) is 1. The van der Waals surface area contributed by atoms with E-state index in [1.165, 1.54) is 5.56 Å². The van der Waals surface area contributed by atoms with Crippen molar-refractivity contribution in [3.05, 3.63) is 88.9 Å². The Balaban J connectivity index is 1.63. The van der Waals surface area contributed by atoms with Crippen molar-refractivity contribution in [2.24, 2.45) is 10.1 Å². The lowest BCUT2D eigenvalue weighted by Gasteiger charge is -2.03. The molecular formula is C23H20N4OS. The summed E-state index contributed by atoms with van der Waals surface area (Å²) in [4.78, 5) is 9.45. The van der Waals surface area contributed by atoms with Crippen LogP contribution >= 0.6 is 11.3 Å². The van der Waals surface area contributed by atoms with E-state index >= 15 is 0 Å². The zero-order valence-corrected chi connectivity index (χ0v) is 17.0. The number of nitrogens with zero attached hydrogens (tertiary/aromatic N) is 3. The Bertz CT molecular complexity index is 1130. The van der Waals surface area contributed by atoms with E-state index in [1.807, 2.05) is 66.7 Å². The van der Waals surface area contributed by atoms with Gasteiger partial charge in [-0.05, 0) is 61.0 Å². The molecule has 0 aliphatic heterocycles. The summed E-state index contributed by atoms with van der Waals surface area (Å²) < 4.78 is 6.30. The monoisotopic (exact) mass is 400 g/mol. The Kier molecular flexibility index (Phi) is 5.63. The molecule has 0 radical (unpaired) electrons. The molecule has 0 aliphatic carbocycles. The van der Waals surface area contributed by atoms with E-state index in [4.69, 9.17) is 14.7 Å². The topological polar surface area (TPSA) is 58.9 Å². The van der Waals surface area contributed by atoms with Crippen LogP contribution in [-0.4, -0.2) is 24.1 Å². The molecule has 0 unspecified atom stereocenters. The predicted molar refractivity (Wildman–Crippen MR) is 121 cm³/mol. The van der Waals surface area contributed by atoms with Crippen LogP contribution in [0, 0.1) is 6.92 Å². The van der Waals surface area contributed by atoms with Crippen LogP contribution in [0.25, 0.3) is 10.2 Å². The molecule has 144 valence electrons. The Morgan fingerprint density at radius 1 is 1.00 bits per heavy atom. The second kappa shape index (κ2) is 8.67. The molecule has 0 saturated carbocycles. The number of fused-ring (bicyclic) bond motifs is 1. The van der Waals surface area contributed by atoms with Gasteiger partial charge in [-0.3, -0.25) is 5.43 Å². The van der Waals surface area contributed by atoms with Gasteiger partial charge in [-0.2, -0.15) is 5.10 Å². The largest absolute Gasteiger partial charge is 0.497 e. The van der Waals surface area contributed by atoms with Gasteiger partial charge in [-0.1, -0.05) is 29.8 Å². The van der Waals surface area contributed by atoms with Gasteiger partial charge in [-0.25, -0.2) is 9.98 Å². The van der Waals surface area contributed by atoms with Crippen molar-refractivity contribution in [3.8, 4) is 5.75 Å². The first-order chi connectivity index (χ1) is 14.2. The van der Waals surface area contributed by atoms with Crippen molar-refractivity contribution in [1.82, 2.24) is 10.4 Å². The van der Waals surface area contributed by atoms with Gasteiger partial charge < -0.3 is 4.74 Å². The number of aryl methyl sites for hydroxylation is 1. The lowest BCUT2D eigenvalue weighted by Crippen LogP contribution is -2.18. The van der Waals surface area contributed by atoms with E-state index in [9.17, 15) is 0 Å². The zero-order valence-electron chi connectivity index (χ0n) is 16.2. The smallest absolute Gasteiger partial charge is 0.183 e. The van der Waals surface area contributed by atoms with E-state index in [2.05, 4.69) is 23.5 Å². The molecule has 0 aliphatic rings. The highest BCUT2D eigenvalue weighted by atomic mass is 32.1. The van der Waals surface area contributed by atoms with Gasteiger partial charge in [0.2, 0.25) is 0 Å². The fraction of sp³-hybridized carbons (Fsp3) is 0.0870. The summed E-state index contributed by atoms with van der Waals surface area (Å²) in [6, 6.07) is 23.8. The van der Waals surface area contributed by atoms with Crippen LogP contribution in [0.4, 0.5) is 5.69 Å². The van der Waals surface area contributed by atoms with Crippen molar-refractivity contribution < 1.29 is 4.74 Å².